The Morgan fingerprint density at radius 1 is 1.22 bits per heavy atom. The lowest BCUT2D eigenvalue weighted by molar-refractivity contribution is -0.157. The van der Waals surface area contributed by atoms with Crippen LogP contribution in [-0.4, -0.2) is 34.0 Å². The van der Waals surface area contributed by atoms with Crippen LogP contribution in [0, 0.1) is 5.41 Å². The van der Waals surface area contributed by atoms with Crippen LogP contribution in [0.1, 0.15) is 66.8 Å². The molecule has 1 aliphatic carbocycles. The molecule has 1 unspecified atom stereocenters. The second-order valence-corrected chi connectivity index (χ2v) is 9.20. The van der Waals surface area contributed by atoms with Crippen molar-refractivity contribution in [1.29, 1.82) is 0 Å². The number of rotatable bonds is 4. The van der Waals surface area contributed by atoms with Crippen LogP contribution in [0.2, 0.25) is 0 Å². The highest BCUT2D eigenvalue weighted by Gasteiger charge is 2.69. The van der Waals surface area contributed by atoms with Crippen LogP contribution in [0.15, 0.2) is 35.6 Å². The van der Waals surface area contributed by atoms with Crippen LogP contribution in [0.5, 0.6) is 5.75 Å². The monoisotopic (exact) mass is 442 g/mol. The van der Waals surface area contributed by atoms with Crippen LogP contribution in [-0.2, 0) is 16.7 Å². The lowest BCUT2D eigenvalue weighted by Gasteiger charge is -2.62. The van der Waals surface area contributed by atoms with Gasteiger partial charge in [-0.25, -0.2) is 18.8 Å². The van der Waals surface area contributed by atoms with Gasteiger partial charge in [-0.1, -0.05) is 12.5 Å². The zero-order valence-electron chi connectivity index (χ0n) is 17.9. The first-order valence-corrected chi connectivity index (χ1v) is 10.6. The summed E-state index contributed by atoms with van der Waals surface area (Å²) in [4.78, 5) is 25.0. The summed E-state index contributed by atoms with van der Waals surface area (Å²) in [6.07, 6.45) is 2.29. The van der Waals surface area contributed by atoms with Gasteiger partial charge in [-0.15, -0.1) is 0 Å². The third-order valence-electron chi connectivity index (χ3n) is 7.28. The van der Waals surface area contributed by atoms with Crippen molar-refractivity contribution in [3.63, 3.8) is 0 Å². The van der Waals surface area contributed by atoms with Crippen molar-refractivity contribution >= 4 is 11.8 Å². The molecule has 0 bridgehead atoms. The van der Waals surface area contributed by atoms with Gasteiger partial charge in [0.25, 0.3) is 12.4 Å². The molecule has 2 N–H and O–H groups in total. The van der Waals surface area contributed by atoms with E-state index >= 15 is 0 Å². The zero-order chi connectivity index (χ0) is 22.7. The molecule has 0 amide bonds. The number of ketones is 1. The number of halogens is 2. The maximum Gasteiger partial charge on any atom is 0.283 e. The molecule has 2 aromatic rings. The largest absolute Gasteiger partial charge is 0.487 e. The Morgan fingerprint density at radius 2 is 2.00 bits per heavy atom. The van der Waals surface area contributed by atoms with Crippen molar-refractivity contribution in [2.24, 2.45) is 16.1 Å². The van der Waals surface area contributed by atoms with E-state index in [-0.39, 0.29) is 29.3 Å². The molecule has 0 saturated heterocycles. The van der Waals surface area contributed by atoms with E-state index in [9.17, 15) is 13.6 Å². The fourth-order valence-corrected chi connectivity index (χ4v) is 5.46. The van der Waals surface area contributed by atoms with Crippen molar-refractivity contribution in [1.82, 2.24) is 9.97 Å². The molecule has 2 spiro atoms. The molecule has 2 aliphatic heterocycles. The first-order chi connectivity index (χ1) is 15.2. The number of Topliss-reactive ketones (excluding diaryl/α,β-unsaturated/α-hetero) is 1. The van der Waals surface area contributed by atoms with E-state index < -0.39 is 23.3 Å². The molecule has 0 radical (unpaired) electrons. The number of hydrogen-bond donors (Lipinski definition) is 1. The van der Waals surface area contributed by atoms with E-state index in [0.717, 1.165) is 42.8 Å². The Labute approximate surface area is 184 Å². The normalized spacial score (nSPS) is 24.5. The lowest BCUT2D eigenvalue weighted by atomic mass is 9.48. The standard InChI is InChI=1S/C23H24F2N4O3/c1-21(2)22(6-3-7-22)23(12-31-20(26)29-23)14-8-13(4-5-18(14)32-21)9-17(30)15-10-28-16(11-27-15)19(24)25/h4-5,8,10-11,19H,3,6-7,9,12H2,1-2H3,(H2,26,29). The first-order valence-electron chi connectivity index (χ1n) is 10.6. The molecule has 5 rings (SSSR count). The Hall–Kier alpha value is -3.10. The number of carbonyl (C=O) groups excluding carboxylic acids is 1. The quantitative estimate of drug-likeness (QED) is 0.725. The fourth-order valence-electron chi connectivity index (χ4n) is 5.46. The molecular weight excluding hydrogens is 418 g/mol. The second-order valence-electron chi connectivity index (χ2n) is 9.20. The number of fused-ring (bicyclic) bond motifs is 3. The van der Waals surface area contributed by atoms with Crippen molar-refractivity contribution in [3.05, 3.63) is 53.1 Å². The van der Waals surface area contributed by atoms with Gasteiger partial charge in [-0.2, -0.15) is 0 Å². The second kappa shape index (κ2) is 6.95. The molecule has 3 aliphatic rings. The van der Waals surface area contributed by atoms with Gasteiger partial charge in [0.2, 0.25) is 0 Å². The zero-order valence-corrected chi connectivity index (χ0v) is 17.9. The van der Waals surface area contributed by atoms with Gasteiger partial charge in [0.15, 0.2) is 5.78 Å². The summed E-state index contributed by atoms with van der Waals surface area (Å²) in [5.74, 6) is 0.389. The molecule has 9 heteroatoms. The Balaban J connectivity index is 1.51. The average molecular weight is 442 g/mol. The molecule has 1 atom stereocenters. The van der Waals surface area contributed by atoms with Crippen LogP contribution >= 0.6 is 0 Å². The Kier molecular flexibility index (Phi) is 4.51. The highest BCUT2D eigenvalue weighted by atomic mass is 19.3. The molecule has 1 saturated carbocycles. The molecule has 32 heavy (non-hydrogen) atoms. The van der Waals surface area contributed by atoms with Crippen molar-refractivity contribution < 1.29 is 23.0 Å². The molecule has 1 aromatic heterocycles. The number of nitrogens with zero attached hydrogens (tertiary/aromatic N) is 3. The number of benzene rings is 1. The summed E-state index contributed by atoms with van der Waals surface area (Å²) >= 11 is 0. The summed E-state index contributed by atoms with van der Waals surface area (Å²) in [7, 11) is 0. The number of ether oxygens (including phenoxy) is 2. The van der Waals surface area contributed by atoms with Crippen molar-refractivity contribution in [2.75, 3.05) is 6.61 Å². The number of alkyl halides is 2. The highest BCUT2D eigenvalue weighted by Crippen LogP contribution is 2.67. The van der Waals surface area contributed by atoms with E-state index in [1.54, 1.807) is 0 Å². The summed E-state index contributed by atoms with van der Waals surface area (Å²) in [6.45, 7) is 4.50. The summed E-state index contributed by atoms with van der Waals surface area (Å²) in [6, 6.07) is 5.76. The maximum absolute atomic E-state index is 12.7. The van der Waals surface area contributed by atoms with Crippen molar-refractivity contribution in [2.45, 2.75) is 57.1 Å². The van der Waals surface area contributed by atoms with Gasteiger partial charge in [-0.3, -0.25) is 9.78 Å². The van der Waals surface area contributed by atoms with E-state index in [0.29, 0.717) is 12.4 Å². The Bertz CT molecular complexity index is 1110. The smallest absolute Gasteiger partial charge is 0.283 e. The fraction of sp³-hybridized carbons (Fsp3) is 0.478. The minimum absolute atomic E-state index is 0.0427. The van der Waals surface area contributed by atoms with E-state index in [4.69, 9.17) is 20.2 Å². The summed E-state index contributed by atoms with van der Waals surface area (Å²) in [5.41, 5.74) is 5.77. The number of hydrogen-bond acceptors (Lipinski definition) is 7. The van der Waals surface area contributed by atoms with Crippen LogP contribution < -0.4 is 10.5 Å². The predicted molar refractivity (Wildman–Crippen MR) is 112 cm³/mol. The molecule has 3 heterocycles. The number of carbonyl (C=O) groups is 1. The lowest BCUT2D eigenvalue weighted by Crippen LogP contribution is -2.66. The van der Waals surface area contributed by atoms with Crippen LogP contribution in [0.25, 0.3) is 0 Å². The third kappa shape index (κ3) is 2.83. The number of amidine groups is 1. The average Bonchev–Trinajstić information content (AvgIpc) is 3.09. The highest BCUT2D eigenvalue weighted by molar-refractivity contribution is 5.95. The minimum atomic E-state index is -2.73. The first kappa shape index (κ1) is 20.8. The Morgan fingerprint density at radius 3 is 2.56 bits per heavy atom. The minimum Gasteiger partial charge on any atom is -0.487 e. The van der Waals surface area contributed by atoms with Gasteiger partial charge in [-0.05, 0) is 44.4 Å². The maximum atomic E-state index is 12.7. The number of nitrogens with two attached hydrogens (primary N) is 1. The van der Waals surface area contributed by atoms with Crippen LogP contribution in [0.4, 0.5) is 8.78 Å². The SMILES string of the molecule is CC1(C)Oc2ccc(CC(=O)c3cnc(C(F)F)cn3)cc2C2(COC(N)=N2)C12CCC2. The molecular formula is C23H24F2N4O3. The van der Waals surface area contributed by atoms with Gasteiger partial charge < -0.3 is 15.2 Å². The number of aromatic nitrogens is 2. The third-order valence-corrected chi connectivity index (χ3v) is 7.28. The van der Waals surface area contributed by atoms with Gasteiger partial charge in [0.1, 0.15) is 34.9 Å². The molecule has 168 valence electrons. The summed E-state index contributed by atoms with van der Waals surface area (Å²) in [5, 5.41) is 0. The van der Waals surface area contributed by atoms with Gasteiger partial charge >= 0.3 is 0 Å². The van der Waals surface area contributed by atoms with Gasteiger partial charge in [0, 0.05) is 17.4 Å². The molecule has 1 fully saturated rings. The van der Waals surface area contributed by atoms with Crippen molar-refractivity contribution in [3.8, 4) is 5.75 Å². The molecule has 7 nitrogen and oxygen atoms in total. The van der Waals surface area contributed by atoms with E-state index in [1.807, 2.05) is 18.2 Å². The number of aliphatic imine (C=N–C) groups is 1. The van der Waals surface area contributed by atoms with Crippen LogP contribution in [0.3, 0.4) is 0 Å². The van der Waals surface area contributed by atoms with E-state index in [1.165, 1.54) is 0 Å². The van der Waals surface area contributed by atoms with E-state index in [2.05, 4.69) is 23.8 Å². The molecule has 1 aromatic carbocycles. The van der Waals surface area contributed by atoms with Gasteiger partial charge in [0.05, 0.1) is 12.4 Å². The topological polar surface area (TPSA) is 99.7 Å². The predicted octanol–water partition coefficient (Wildman–Crippen LogP) is 3.72. The summed E-state index contributed by atoms with van der Waals surface area (Å²) < 4.78 is 37.5.